The molecule has 0 fully saturated rings. The Labute approximate surface area is 123 Å². The summed E-state index contributed by atoms with van der Waals surface area (Å²) >= 11 is 0. The zero-order chi connectivity index (χ0) is 15.2. The fraction of sp³-hybridized carbons (Fsp3) is 0.200. The Morgan fingerprint density at radius 1 is 1.14 bits per heavy atom. The van der Waals surface area contributed by atoms with Gasteiger partial charge in [-0.15, -0.1) is 0 Å². The summed E-state index contributed by atoms with van der Waals surface area (Å²) in [5, 5.41) is 6.80. The van der Waals surface area contributed by atoms with Crippen molar-refractivity contribution in [2.45, 2.75) is 20.8 Å². The van der Waals surface area contributed by atoms with Crippen LogP contribution in [0.4, 0.5) is 11.6 Å². The molecule has 1 aromatic heterocycles. The van der Waals surface area contributed by atoms with Gasteiger partial charge in [-0.1, -0.05) is 12.1 Å². The summed E-state index contributed by atoms with van der Waals surface area (Å²) in [6.45, 7) is 5.29. The van der Waals surface area contributed by atoms with Gasteiger partial charge >= 0.3 is 0 Å². The average molecular weight is 283 g/mol. The molecule has 1 aromatic carbocycles. The molecule has 0 radical (unpaired) electrons. The number of hydrogen-bond acceptors (Lipinski definition) is 5. The van der Waals surface area contributed by atoms with E-state index in [9.17, 15) is 4.79 Å². The molecule has 108 valence electrons. The molecular weight excluding hydrogens is 266 g/mol. The van der Waals surface area contributed by atoms with E-state index < -0.39 is 0 Å². The van der Waals surface area contributed by atoms with E-state index in [-0.39, 0.29) is 5.91 Å². The van der Waals surface area contributed by atoms with Gasteiger partial charge in [-0.3, -0.25) is 4.79 Å². The molecule has 6 nitrogen and oxygen atoms in total. The third-order valence-electron chi connectivity index (χ3n) is 2.59. The van der Waals surface area contributed by atoms with E-state index in [0.29, 0.717) is 5.95 Å². The number of aromatic nitrogens is 2. The van der Waals surface area contributed by atoms with Gasteiger partial charge in [0.2, 0.25) is 11.9 Å². The molecule has 2 N–H and O–H groups in total. The maximum Gasteiger partial charge on any atom is 0.243 e. The van der Waals surface area contributed by atoms with Crippen LogP contribution >= 0.6 is 0 Å². The fourth-order valence-corrected chi connectivity index (χ4v) is 1.80. The molecule has 21 heavy (non-hydrogen) atoms. The van der Waals surface area contributed by atoms with Crippen LogP contribution in [0, 0.1) is 13.8 Å². The molecule has 0 saturated carbocycles. The van der Waals surface area contributed by atoms with Crippen molar-refractivity contribution in [3.05, 3.63) is 47.3 Å². The van der Waals surface area contributed by atoms with Crippen molar-refractivity contribution in [3.8, 4) is 0 Å². The van der Waals surface area contributed by atoms with Gasteiger partial charge in [0.05, 0.1) is 6.21 Å². The van der Waals surface area contributed by atoms with Crippen LogP contribution < -0.4 is 10.7 Å². The number of carbonyl (C=O) groups excluding carboxylic acids is 1. The van der Waals surface area contributed by atoms with Gasteiger partial charge in [0.1, 0.15) is 0 Å². The number of amides is 1. The van der Waals surface area contributed by atoms with Crippen molar-refractivity contribution >= 4 is 23.8 Å². The third kappa shape index (κ3) is 4.68. The molecule has 0 aliphatic carbocycles. The molecule has 0 unspecified atom stereocenters. The Kier molecular flexibility index (Phi) is 4.61. The van der Waals surface area contributed by atoms with Gasteiger partial charge in [0.25, 0.3) is 0 Å². The van der Waals surface area contributed by atoms with Gasteiger partial charge in [-0.05, 0) is 37.6 Å². The molecule has 6 heteroatoms. The van der Waals surface area contributed by atoms with E-state index in [2.05, 4.69) is 25.8 Å². The molecule has 0 aliphatic heterocycles. The molecule has 0 atom stereocenters. The number of hydrogen-bond donors (Lipinski definition) is 2. The molecule has 2 rings (SSSR count). The van der Waals surface area contributed by atoms with Gasteiger partial charge < -0.3 is 5.32 Å². The van der Waals surface area contributed by atoms with E-state index >= 15 is 0 Å². The van der Waals surface area contributed by atoms with Crippen LogP contribution in [0.25, 0.3) is 0 Å². The Hall–Kier alpha value is -2.76. The highest BCUT2D eigenvalue weighted by Crippen LogP contribution is 2.08. The van der Waals surface area contributed by atoms with Gasteiger partial charge in [-0.2, -0.15) is 5.10 Å². The summed E-state index contributed by atoms with van der Waals surface area (Å²) in [5.41, 5.74) is 6.24. The maximum atomic E-state index is 10.9. The highest BCUT2D eigenvalue weighted by molar-refractivity contribution is 5.89. The van der Waals surface area contributed by atoms with Crippen molar-refractivity contribution in [1.29, 1.82) is 0 Å². The highest BCUT2D eigenvalue weighted by Gasteiger charge is 1.97. The smallest absolute Gasteiger partial charge is 0.243 e. The summed E-state index contributed by atoms with van der Waals surface area (Å²) in [6, 6.07) is 9.25. The number of rotatable bonds is 4. The van der Waals surface area contributed by atoms with Crippen molar-refractivity contribution in [1.82, 2.24) is 9.97 Å². The molecule has 1 heterocycles. The van der Waals surface area contributed by atoms with Crippen molar-refractivity contribution in [2.24, 2.45) is 5.10 Å². The topological polar surface area (TPSA) is 79.3 Å². The van der Waals surface area contributed by atoms with E-state index in [1.165, 1.54) is 6.92 Å². The molecule has 1 amide bonds. The first-order chi connectivity index (χ1) is 10.0. The number of aryl methyl sites for hydroxylation is 2. The number of nitrogens with zero attached hydrogens (tertiary/aromatic N) is 3. The lowest BCUT2D eigenvalue weighted by Gasteiger charge is -2.02. The van der Waals surface area contributed by atoms with E-state index in [4.69, 9.17) is 0 Å². The lowest BCUT2D eigenvalue weighted by atomic mass is 10.2. The fourth-order valence-electron chi connectivity index (χ4n) is 1.80. The minimum atomic E-state index is -0.0925. The summed E-state index contributed by atoms with van der Waals surface area (Å²) in [4.78, 5) is 19.4. The summed E-state index contributed by atoms with van der Waals surface area (Å²) < 4.78 is 0. The van der Waals surface area contributed by atoms with E-state index in [0.717, 1.165) is 22.6 Å². The zero-order valence-electron chi connectivity index (χ0n) is 12.2. The monoisotopic (exact) mass is 283 g/mol. The lowest BCUT2D eigenvalue weighted by Crippen LogP contribution is -2.05. The number of hydrazone groups is 1. The van der Waals surface area contributed by atoms with Crippen LogP contribution in [0.2, 0.25) is 0 Å². The number of nitrogens with one attached hydrogen (secondary N) is 2. The molecule has 0 spiro atoms. The second-order valence-corrected chi connectivity index (χ2v) is 4.65. The predicted octanol–water partition coefficient (Wildman–Crippen LogP) is 2.50. The predicted molar refractivity (Wildman–Crippen MR) is 83.5 cm³/mol. The largest absolute Gasteiger partial charge is 0.326 e. The van der Waals surface area contributed by atoms with Crippen LogP contribution in [0.15, 0.2) is 35.4 Å². The van der Waals surface area contributed by atoms with Crippen LogP contribution in [0.5, 0.6) is 0 Å². The van der Waals surface area contributed by atoms with Gasteiger partial charge in [0, 0.05) is 24.0 Å². The lowest BCUT2D eigenvalue weighted by molar-refractivity contribution is -0.114. The molecule has 0 saturated heterocycles. The Morgan fingerprint density at radius 3 is 2.33 bits per heavy atom. The normalized spacial score (nSPS) is 10.6. The number of carbonyl (C=O) groups is 1. The zero-order valence-corrected chi connectivity index (χ0v) is 12.2. The van der Waals surface area contributed by atoms with E-state index in [1.807, 2.05) is 44.2 Å². The number of benzene rings is 1. The summed E-state index contributed by atoms with van der Waals surface area (Å²) in [6.07, 6.45) is 1.67. The first-order valence-electron chi connectivity index (χ1n) is 6.52. The second-order valence-electron chi connectivity index (χ2n) is 4.65. The standard InChI is InChI=1S/C15H17N5O/c1-10-8-11(2)18-15(17-10)20-16-9-13-4-6-14(7-5-13)19-12(3)21/h4-9H,1-3H3,(H,19,21)(H,17,18,20)/b16-9-. The quantitative estimate of drug-likeness (QED) is 0.667. The Morgan fingerprint density at radius 2 is 1.76 bits per heavy atom. The Bertz CT molecular complexity index is 644. The molecule has 0 bridgehead atoms. The summed E-state index contributed by atoms with van der Waals surface area (Å²) in [7, 11) is 0. The maximum absolute atomic E-state index is 10.9. The first-order valence-corrected chi connectivity index (χ1v) is 6.52. The van der Waals surface area contributed by atoms with Crippen LogP contribution in [-0.2, 0) is 4.79 Å². The van der Waals surface area contributed by atoms with Gasteiger partial charge in [-0.25, -0.2) is 15.4 Å². The van der Waals surface area contributed by atoms with Crippen LogP contribution in [0.3, 0.4) is 0 Å². The summed E-state index contributed by atoms with van der Waals surface area (Å²) in [5.74, 6) is 0.378. The second kappa shape index (κ2) is 6.60. The van der Waals surface area contributed by atoms with Crippen molar-refractivity contribution < 1.29 is 4.79 Å². The SMILES string of the molecule is CC(=O)Nc1ccc(/C=N\Nc2nc(C)cc(C)n2)cc1. The van der Waals surface area contributed by atoms with Crippen molar-refractivity contribution in [2.75, 3.05) is 10.7 Å². The van der Waals surface area contributed by atoms with Gasteiger partial charge in [0.15, 0.2) is 0 Å². The van der Waals surface area contributed by atoms with Crippen molar-refractivity contribution in [3.63, 3.8) is 0 Å². The number of anilines is 2. The first kappa shape index (κ1) is 14.6. The molecule has 2 aromatic rings. The minimum absolute atomic E-state index is 0.0925. The average Bonchev–Trinajstić information content (AvgIpc) is 2.39. The molecular formula is C15H17N5O. The third-order valence-corrected chi connectivity index (χ3v) is 2.59. The van der Waals surface area contributed by atoms with E-state index in [1.54, 1.807) is 6.21 Å². The minimum Gasteiger partial charge on any atom is -0.326 e. The van der Waals surface area contributed by atoms with Crippen LogP contribution in [-0.4, -0.2) is 22.1 Å². The van der Waals surface area contributed by atoms with Crippen LogP contribution in [0.1, 0.15) is 23.9 Å². The Balaban J connectivity index is 1.99. The molecule has 0 aliphatic rings. The highest BCUT2D eigenvalue weighted by atomic mass is 16.1.